The minimum Gasteiger partial charge on any atom is -0.494 e. The number of hydrogen-bond acceptors (Lipinski definition) is 3. The molecule has 3 nitrogen and oxygen atoms in total. The van der Waals surface area contributed by atoms with Gasteiger partial charge in [-0.25, -0.2) is 0 Å². The molecule has 1 N–H and O–H groups in total. The smallest absolute Gasteiger partial charge is 0.119 e. The lowest BCUT2D eigenvalue weighted by atomic mass is 9.81. The Balaban J connectivity index is 2.09. The number of hydrogen-bond donors (Lipinski definition) is 1. The molecule has 2 rings (SSSR count). The number of aliphatic hydroxyl groups is 1. The van der Waals surface area contributed by atoms with Crippen LogP contribution in [0.2, 0.25) is 0 Å². The number of rotatable bonds is 4. The SMILES string of the molecule is CCOc1ccc([C@H]2CCN(C)C[C@@H]2CO)cc1. The molecule has 0 saturated carbocycles. The fourth-order valence-electron chi connectivity index (χ4n) is 2.82. The van der Waals surface area contributed by atoms with Gasteiger partial charge in [0, 0.05) is 19.1 Å². The van der Waals surface area contributed by atoms with Crippen molar-refractivity contribution in [3.63, 3.8) is 0 Å². The third kappa shape index (κ3) is 3.03. The molecule has 1 aliphatic rings. The van der Waals surface area contributed by atoms with Crippen molar-refractivity contribution in [2.75, 3.05) is 33.4 Å². The molecule has 18 heavy (non-hydrogen) atoms. The number of ether oxygens (including phenoxy) is 1. The highest BCUT2D eigenvalue weighted by molar-refractivity contribution is 5.30. The Morgan fingerprint density at radius 1 is 1.33 bits per heavy atom. The molecule has 1 aliphatic heterocycles. The zero-order chi connectivity index (χ0) is 13.0. The van der Waals surface area contributed by atoms with E-state index in [4.69, 9.17) is 4.74 Å². The molecule has 0 radical (unpaired) electrons. The first-order valence-corrected chi connectivity index (χ1v) is 6.76. The number of piperidine rings is 1. The van der Waals surface area contributed by atoms with Crippen LogP contribution in [-0.4, -0.2) is 43.4 Å². The molecule has 1 aromatic carbocycles. The van der Waals surface area contributed by atoms with Gasteiger partial charge in [0.25, 0.3) is 0 Å². The van der Waals surface area contributed by atoms with Gasteiger partial charge in [-0.05, 0) is 50.6 Å². The van der Waals surface area contributed by atoms with Crippen LogP contribution in [0.15, 0.2) is 24.3 Å². The molecule has 0 unspecified atom stereocenters. The Hall–Kier alpha value is -1.06. The third-order valence-corrected chi connectivity index (χ3v) is 3.79. The Morgan fingerprint density at radius 3 is 2.67 bits per heavy atom. The van der Waals surface area contributed by atoms with Crippen molar-refractivity contribution in [2.24, 2.45) is 5.92 Å². The maximum absolute atomic E-state index is 9.53. The number of nitrogens with zero attached hydrogens (tertiary/aromatic N) is 1. The predicted octanol–water partition coefficient (Wildman–Crippen LogP) is 2.11. The van der Waals surface area contributed by atoms with Crippen LogP contribution < -0.4 is 4.74 Å². The highest BCUT2D eigenvalue weighted by Crippen LogP contribution is 2.33. The Kier molecular flexibility index (Phi) is 4.61. The Morgan fingerprint density at radius 2 is 2.06 bits per heavy atom. The standard InChI is InChI=1S/C15H23NO2/c1-3-18-14-6-4-12(5-7-14)15-8-9-16(2)10-13(15)11-17/h4-7,13,15,17H,3,8-11H2,1-2H3/t13-,15-/m1/s1. The van der Waals surface area contributed by atoms with E-state index in [1.54, 1.807) is 0 Å². The summed E-state index contributed by atoms with van der Waals surface area (Å²) >= 11 is 0. The van der Waals surface area contributed by atoms with Gasteiger partial charge in [0.1, 0.15) is 5.75 Å². The molecule has 0 amide bonds. The molecule has 1 saturated heterocycles. The second-order valence-corrected chi connectivity index (χ2v) is 5.10. The molecule has 1 aromatic rings. The van der Waals surface area contributed by atoms with Crippen LogP contribution in [0.1, 0.15) is 24.8 Å². The monoisotopic (exact) mass is 249 g/mol. The fourth-order valence-corrected chi connectivity index (χ4v) is 2.82. The summed E-state index contributed by atoms with van der Waals surface area (Å²) in [5.41, 5.74) is 1.32. The van der Waals surface area contributed by atoms with E-state index in [0.717, 1.165) is 25.3 Å². The quantitative estimate of drug-likeness (QED) is 0.887. The normalized spacial score (nSPS) is 25.1. The second kappa shape index (κ2) is 6.21. The van der Waals surface area contributed by atoms with Gasteiger partial charge in [-0.3, -0.25) is 0 Å². The van der Waals surface area contributed by atoms with Crippen molar-refractivity contribution in [1.29, 1.82) is 0 Å². The average molecular weight is 249 g/mol. The summed E-state index contributed by atoms with van der Waals surface area (Å²) < 4.78 is 5.46. The molecular weight excluding hydrogens is 226 g/mol. The van der Waals surface area contributed by atoms with E-state index >= 15 is 0 Å². The van der Waals surface area contributed by atoms with E-state index in [1.165, 1.54) is 5.56 Å². The van der Waals surface area contributed by atoms with E-state index in [-0.39, 0.29) is 6.61 Å². The van der Waals surface area contributed by atoms with Crippen LogP contribution in [0.25, 0.3) is 0 Å². The number of aliphatic hydroxyl groups excluding tert-OH is 1. The molecule has 3 heteroatoms. The Bertz CT molecular complexity index is 363. The molecular formula is C15H23NO2. The van der Waals surface area contributed by atoms with Crippen LogP contribution in [0.3, 0.4) is 0 Å². The number of likely N-dealkylation sites (tertiary alicyclic amines) is 1. The molecule has 0 aromatic heterocycles. The first-order valence-electron chi connectivity index (χ1n) is 6.76. The zero-order valence-electron chi connectivity index (χ0n) is 11.3. The highest BCUT2D eigenvalue weighted by atomic mass is 16.5. The van der Waals surface area contributed by atoms with Crippen LogP contribution in [0, 0.1) is 5.92 Å². The van der Waals surface area contributed by atoms with Gasteiger partial charge in [0.15, 0.2) is 0 Å². The fraction of sp³-hybridized carbons (Fsp3) is 0.600. The third-order valence-electron chi connectivity index (χ3n) is 3.79. The van der Waals surface area contributed by atoms with Crippen molar-refractivity contribution in [2.45, 2.75) is 19.3 Å². The van der Waals surface area contributed by atoms with E-state index < -0.39 is 0 Å². The largest absolute Gasteiger partial charge is 0.494 e. The zero-order valence-corrected chi connectivity index (χ0v) is 11.3. The molecule has 1 heterocycles. The van der Waals surface area contributed by atoms with E-state index in [9.17, 15) is 5.11 Å². The van der Waals surface area contributed by atoms with E-state index in [1.807, 2.05) is 19.1 Å². The average Bonchev–Trinajstić information content (AvgIpc) is 2.40. The lowest BCUT2D eigenvalue weighted by molar-refractivity contribution is 0.118. The topological polar surface area (TPSA) is 32.7 Å². The summed E-state index contributed by atoms with van der Waals surface area (Å²) in [5.74, 6) is 1.75. The summed E-state index contributed by atoms with van der Waals surface area (Å²) in [7, 11) is 2.12. The first-order chi connectivity index (χ1) is 8.74. The maximum Gasteiger partial charge on any atom is 0.119 e. The molecule has 100 valence electrons. The summed E-state index contributed by atoms with van der Waals surface area (Å²) in [5, 5.41) is 9.53. The minimum absolute atomic E-state index is 0.266. The molecule has 0 bridgehead atoms. The van der Waals surface area contributed by atoms with Crippen LogP contribution >= 0.6 is 0 Å². The van der Waals surface area contributed by atoms with Gasteiger partial charge in [0.05, 0.1) is 6.61 Å². The van der Waals surface area contributed by atoms with Crippen molar-refractivity contribution in [3.05, 3.63) is 29.8 Å². The Labute approximate surface area is 109 Å². The lowest BCUT2D eigenvalue weighted by Gasteiger charge is -2.36. The van der Waals surface area contributed by atoms with Gasteiger partial charge in [-0.1, -0.05) is 12.1 Å². The molecule has 2 atom stereocenters. The maximum atomic E-state index is 9.53. The van der Waals surface area contributed by atoms with Gasteiger partial charge < -0.3 is 14.7 Å². The predicted molar refractivity (Wildman–Crippen MR) is 73.0 cm³/mol. The second-order valence-electron chi connectivity index (χ2n) is 5.10. The summed E-state index contributed by atoms with van der Waals surface area (Å²) in [6.45, 7) is 5.05. The number of benzene rings is 1. The van der Waals surface area contributed by atoms with Crippen LogP contribution in [0.4, 0.5) is 0 Å². The van der Waals surface area contributed by atoms with Crippen molar-refractivity contribution >= 4 is 0 Å². The summed E-state index contributed by atoms with van der Waals surface area (Å²) in [4.78, 5) is 2.30. The summed E-state index contributed by atoms with van der Waals surface area (Å²) in [6, 6.07) is 8.35. The molecule has 0 spiro atoms. The van der Waals surface area contributed by atoms with Gasteiger partial charge in [-0.15, -0.1) is 0 Å². The van der Waals surface area contributed by atoms with Crippen molar-refractivity contribution in [3.8, 4) is 5.75 Å². The van der Waals surface area contributed by atoms with Gasteiger partial charge in [0.2, 0.25) is 0 Å². The van der Waals surface area contributed by atoms with Gasteiger partial charge >= 0.3 is 0 Å². The van der Waals surface area contributed by atoms with Crippen molar-refractivity contribution in [1.82, 2.24) is 4.90 Å². The summed E-state index contributed by atoms with van der Waals surface area (Å²) in [6.07, 6.45) is 1.12. The molecule has 0 aliphatic carbocycles. The molecule has 1 fully saturated rings. The lowest BCUT2D eigenvalue weighted by Crippen LogP contribution is -2.38. The van der Waals surface area contributed by atoms with Crippen molar-refractivity contribution < 1.29 is 9.84 Å². The van der Waals surface area contributed by atoms with Crippen LogP contribution in [0.5, 0.6) is 5.75 Å². The van der Waals surface area contributed by atoms with Gasteiger partial charge in [-0.2, -0.15) is 0 Å². The van der Waals surface area contributed by atoms with Crippen LogP contribution in [-0.2, 0) is 0 Å². The van der Waals surface area contributed by atoms with E-state index in [0.29, 0.717) is 18.4 Å². The minimum atomic E-state index is 0.266. The highest BCUT2D eigenvalue weighted by Gasteiger charge is 2.28. The van der Waals surface area contributed by atoms with E-state index in [2.05, 4.69) is 24.1 Å². The first kappa shape index (κ1) is 13.4.